The van der Waals surface area contributed by atoms with Crippen LogP contribution in [0.2, 0.25) is 0 Å². The van der Waals surface area contributed by atoms with Gasteiger partial charge >= 0.3 is 18.3 Å². The largest absolute Gasteiger partial charge is 0.490 e. The second-order valence-electron chi connectivity index (χ2n) is 5.86. The molecule has 2 aliphatic rings. The normalized spacial score (nSPS) is 19.8. The van der Waals surface area contributed by atoms with Crippen molar-refractivity contribution < 1.29 is 36.2 Å². The summed E-state index contributed by atoms with van der Waals surface area (Å²) in [5.41, 5.74) is 0.0372. The minimum atomic E-state index is -5.08. The third-order valence-electron chi connectivity index (χ3n) is 4.25. The molecule has 3 nitrogen and oxygen atoms in total. The SMILES string of the molecule is FC(F)(F)C1(c2ccc(C3CNC3)cc2)CC1.O=C(O)C(F)(F)F. The van der Waals surface area contributed by atoms with E-state index in [0.717, 1.165) is 18.7 Å². The first kappa shape index (κ1) is 18.6. The maximum absolute atomic E-state index is 12.9. The molecule has 9 heteroatoms. The number of hydrogen-bond acceptors (Lipinski definition) is 2. The Morgan fingerprint density at radius 3 is 1.75 bits per heavy atom. The van der Waals surface area contributed by atoms with Gasteiger partial charge in [0.2, 0.25) is 0 Å². The maximum Gasteiger partial charge on any atom is 0.490 e. The highest BCUT2D eigenvalue weighted by Crippen LogP contribution is 2.58. The van der Waals surface area contributed by atoms with Crippen LogP contribution in [0.25, 0.3) is 0 Å². The molecule has 2 fully saturated rings. The van der Waals surface area contributed by atoms with Gasteiger partial charge in [-0.05, 0) is 24.0 Å². The fourth-order valence-corrected chi connectivity index (χ4v) is 2.46. The second-order valence-corrected chi connectivity index (χ2v) is 5.86. The summed E-state index contributed by atoms with van der Waals surface area (Å²) in [6.07, 6.45) is -8.71. The topological polar surface area (TPSA) is 49.3 Å². The molecular weight excluding hydrogens is 340 g/mol. The molecule has 3 rings (SSSR count). The molecule has 0 spiro atoms. The Balaban J connectivity index is 0.000000256. The number of carbonyl (C=O) groups is 1. The summed E-state index contributed by atoms with van der Waals surface area (Å²) in [5, 5.41) is 10.3. The molecule has 0 aromatic heterocycles. The molecule has 1 saturated carbocycles. The van der Waals surface area contributed by atoms with Crippen LogP contribution in [0.15, 0.2) is 24.3 Å². The van der Waals surface area contributed by atoms with Gasteiger partial charge in [0.1, 0.15) is 0 Å². The van der Waals surface area contributed by atoms with Gasteiger partial charge in [0, 0.05) is 19.0 Å². The van der Waals surface area contributed by atoms with Crippen LogP contribution in [0.4, 0.5) is 26.3 Å². The Kier molecular flexibility index (Phi) is 4.85. The van der Waals surface area contributed by atoms with E-state index in [2.05, 4.69) is 5.32 Å². The van der Waals surface area contributed by atoms with Crippen molar-refractivity contribution in [3.05, 3.63) is 35.4 Å². The van der Waals surface area contributed by atoms with Crippen molar-refractivity contribution in [3.8, 4) is 0 Å². The summed E-state index contributed by atoms with van der Waals surface area (Å²) in [5.74, 6) is -2.28. The third-order valence-corrected chi connectivity index (χ3v) is 4.25. The van der Waals surface area contributed by atoms with E-state index in [1.807, 2.05) is 12.1 Å². The average Bonchev–Trinajstić information content (AvgIpc) is 3.18. The minimum absolute atomic E-state index is 0.237. The standard InChI is InChI=1S/C13H14F3N.C2HF3O2/c14-13(15,16)12(5-6-12)11-3-1-9(2-4-11)10-7-17-8-10;3-2(4,5)1(6)7/h1-4,10,17H,5-8H2;(H,6,7). The Labute approximate surface area is 133 Å². The minimum Gasteiger partial charge on any atom is -0.475 e. The molecular formula is C15H15F6NO2. The summed E-state index contributed by atoms with van der Waals surface area (Å²) in [7, 11) is 0. The zero-order chi connectivity index (χ0) is 18.2. The number of alkyl halides is 6. The molecule has 0 radical (unpaired) electrons. The number of carboxylic acids is 1. The van der Waals surface area contributed by atoms with Crippen LogP contribution in [0.5, 0.6) is 0 Å². The summed E-state index contributed by atoms with van der Waals surface area (Å²) in [6.45, 7) is 1.87. The first-order valence-corrected chi connectivity index (χ1v) is 7.15. The van der Waals surface area contributed by atoms with Crippen LogP contribution in [-0.4, -0.2) is 36.5 Å². The van der Waals surface area contributed by atoms with E-state index in [1.165, 1.54) is 0 Å². The predicted octanol–water partition coefficient (Wildman–Crippen LogP) is 3.60. The Bertz CT molecular complexity index is 585. The second kappa shape index (κ2) is 6.27. The van der Waals surface area contributed by atoms with Crippen LogP contribution >= 0.6 is 0 Å². The van der Waals surface area contributed by atoms with E-state index < -0.39 is 23.7 Å². The lowest BCUT2D eigenvalue weighted by atomic mass is 9.89. The molecule has 1 aromatic rings. The molecule has 0 amide bonds. The highest BCUT2D eigenvalue weighted by Gasteiger charge is 2.64. The highest BCUT2D eigenvalue weighted by molar-refractivity contribution is 5.73. The first-order valence-electron chi connectivity index (χ1n) is 7.15. The van der Waals surface area contributed by atoms with Gasteiger partial charge in [-0.3, -0.25) is 0 Å². The van der Waals surface area contributed by atoms with E-state index >= 15 is 0 Å². The van der Waals surface area contributed by atoms with Crippen LogP contribution in [0.3, 0.4) is 0 Å². The van der Waals surface area contributed by atoms with Crippen molar-refractivity contribution in [1.82, 2.24) is 5.32 Å². The summed E-state index contributed by atoms with van der Waals surface area (Å²) in [4.78, 5) is 8.90. The molecule has 1 saturated heterocycles. The predicted molar refractivity (Wildman–Crippen MR) is 72.7 cm³/mol. The van der Waals surface area contributed by atoms with Crippen molar-refractivity contribution in [2.45, 2.75) is 36.5 Å². The van der Waals surface area contributed by atoms with Crippen molar-refractivity contribution >= 4 is 5.97 Å². The van der Waals surface area contributed by atoms with Gasteiger partial charge in [-0.1, -0.05) is 24.3 Å². The highest BCUT2D eigenvalue weighted by atomic mass is 19.4. The molecule has 0 unspecified atom stereocenters. The number of rotatable bonds is 2. The van der Waals surface area contributed by atoms with E-state index in [9.17, 15) is 26.3 Å². The monoisotopic (exact) mass is 355 g/mol. The summed E-state index contributed by atoms with van der Waals surface area (Å²) in [6, 6.07) is 7.03. The molecule has 2 N–H and O–H groups in total. The molecule has 24 heavy (non-hydrogen) atoms. The van der Waals surface area contributed by atoms with Gasteiger partial charge in [0.25, 0.3) is 0 Å². The molecule has 1 aliphatic heterocycles. The Morgan fingerprint density at radius 2 is 1.50 bits per heavy atom. The first-order chi connectivity index (χ1) is 11.0. The average molecular weight is 355 g/mol. The molecule has 0 atom stereocenters. The van der Waals surface area contributed by atoms with Gasteiger partial charge in [-0.2, -0.15) is 26.3 Å². The number of halogens is 6. The zero-order valence-corrected chi connectivity index (χ0v) is 12.3. The summed E-state index contributed by atoms with van der Waals surface area (Å²) < 4.78 is 70.5. The van der Waals surface area contributed by atoms with Crippen molar-refractivity contribution in [2.24, 2.45) is 0 Å². The molecule has 1 aliphatic carbocycles. The number of nitrogens with one attached hydrogen (secondary N) is 1. The van der Waals surface area contributed by atoms with Gasteiger partial charge in [0.05, 0.1) is 5.41 Å². The number of carboxylic acid groups (broad SMARTS) is 1. The fourth-order valence-electron chi connectivity index (χ4n) is 2.46. The van der Waals surface area contributed by atoms with E-state index in [4.69, 9.17) is 9.90 Å². The lowest BCUT2D eigenvalue weighted by Gasteiger charge is -2.28. The molecule has 0 bridgehead atoms. The molecule has 134 valence electrons. The Hall–Kier alpha value is -1.77. The van der Waals surface area contributed by atoms with Gasteiger partial charge in [-0.25, -0.2) is 4.79 Å². The van der Waals surface area contributed by atoms with Crippen molar-refractivity contribution in [1.29, 1.82) is 0 Å². The van der Waals surface area contributed by atoms with Crippen LogP contribution < -0.4 is 5.32 Å². The number of benzene rings is 1. The van der Waals surface area contributed by atoms with Crippen LogP contribution in [0.1, 0.15) is 29.9 Å². The van der Waals surface area contributed by atoms with Crippen molar-refractivity contribution in [2.75, 3.05) is 13.1 Å². The number of aliphatic carboxylic acids is 1. The smallest absolute Gasteiger partial charge is 0.475 e. The third kappa shape index (κ3) is 3.82. The van der Waals surface area contributed by atoms with Crippen LogP contribution in [-0.2, 0) is 10.2 Å². The van der Waals surface area contributed by atoms with E-state index in [1.54, 1.807) is 12.1 Å². The van der Waals surface area contributed by atoms with E-state index in [0.29, 0.717) is 11.5 Å². The molecule has 1 heterocycles. The van der Waals surface area contributed by atoms with Gasteiger partial charge in [0.15, 0.2) is 0 Å². The lowest BCUT2D eigenvalue weighted by Crippen LogP contribution is -2.39. The maximum atomic E-state index is 12.9. The van der Waals surface area contributed by atoms with E-state index in [-0.39, 0.29) is 12.8 Å². The zero-order valence-electron chi connectivity index (χ0n) is 12.3. The van der Waals surface area contributed by atoms with Gasteiger partial charge in [-0.15, -0.1) is 0 Å². The quantitative estimate of drug-likeness (QED) is 0.797. The Morgan fingerprint density at radius 1 is 1.04 bits per heavy atom. The van der Waals surface area contributed by atoms with Gasteiger partial charge < -0.3 is 10.4 Å². The fraction of sp³-hybridized carbons (Fsp3) is 0.533. The molecule has 1 aromatic carbocycles. The lowest BCUT2D eigenvalue weighted by molar-refractivity contribution is -0.192. The van der Waals surface area contributed by atoms with Crippen molar-refractivity contribution in [3.63, 3.8) is 0 Å². The number of hydrogen-bond donors (Lipinski definition) is 2. The summed E-state index contributed by atoms with van der Waals surface area (Å²) >= 11 is 0. The van der Waals surface area contributed by atoms with Crippen LogP contribution in [0, 0.1) is 0 Å².